The molecule has 7 heteroatoms. The molecule has 0 aliphatic heterocycles. The quantitative estimate of drug-likeness (QED) is 0.432. The first-order valence-electron chi connectivity index (χ1n) is 10.5. The lowest BCUT2D eigenvalue weighted by Crippen LogP contribution is -2.51. The van der Waals surface area contributed by atoms with E-state index in [0.717, 1.165) is 17.7 Å². The Balaban J connectivity index is 2.20. The van der Waals surface area contributed by atoms with Gasteiger partial charge in [-0.05, 0) is 37.5 Å². The molecule has 0 unspecified atom stereocenters. The first-order valence-corrected chi connectivity index (χ1v) is 12.4. The Morgan fingerprint density at radius 3 is 2.23 bits per heavy atom. The molecule has 0 radical (unpaired) electrons. The summed E-state index contributed by atoms with van der Waals surface area (Å²) < 4.78 is 0. The maximum Gasteiger partial charge on any atom is 0.243 e. The van der Waals surface area contributed by atoms with E-state index in [1.54, 1.807) is 23.1 Å². The number of nitrogens with one attached hydrogen (secondary N) is 1. The Hall–Kier alpha value is -1.69. The first kappa shape index (κ1) is 25.6. The number of halogens is 2. The summed E-state index contributed by atoms with van der Waals surface area (Å²) in [5.41, 5.74) is 1.81. The van der Waals surface area contributed by atoms with Crippen molar-refractivity contribution in [1.29, 1.82) is 0 Å². The van der Waals surface area contributed by atoms with Gasteiger partial charge in [-0.3, -0.25) is 9.59 Å². The fourth-order valence-electron chi connectivity index (χ4n) is 3.13. The van der Waals surface area contributed by atoms with E-state index in [1.807, 2.05) is 51.1 Å². The van der Waals surface area contributed by atoms with E-state index in [2.05, 4.69) is 5.32 Å². The number of benzene rings is 2. The molecule has 2 amide bonds. The normalized spacial score (nSPS) is 12.8. The predicted octanol–water partition coefficient (Wildman–Crippen LogP) is 5.95. The molecule has 0 saturated heterocycles. The van der Waals surface area contributed by atoms with Crippen molar-refractivity contribution in [3.8, 4) is 0 Å². The third-order valence-corrected chi connectivity index (χ3v) is 6.81. The molecule has 168 valence electrons. The number of carbonyl (C=O) groups excluding carboxylic acids is 2. The standard InChI is InChI=1S/C24H30Cl2N2O2S/c1-4-17(3)27-24(30)22(5-2)28(14-19-20(25)12-9-13-21(19)26)23(29)16-31-15-18-10-7-6-8-11-18/h6-13,17,22H,4-5,14-16H2,1-3H3,(H,27,30)/t17-,22+/m1/s1. The topological polar surface area (TPSA) is 49.4 Å². The Morgan fingerprint density at radius 2 is 1.65 bits per heavy atom. The van der Waals surface area contributed by atoms with Crippen LogP contribution in [-0.2, 0) is 21.9 Å². The molecular formula is C24H30Cl2N2O2S. The smallest absolute Gasteiger partial charge is 0.243 e. The van der Waals surface area contributed by atoms with Gasteiger partial charge in [0.15, 0.2) is 0 Å². The van der Waals surface area contributed by atoms with Crippen LogP contribution in [0.1, 0.15) is 44.7 Å². The van der Waals surface area contributed by atoms with E-state index in [-0.39, 0.29) is 30.2 Å². The number of amides is 2. The average Bonchev–Trinajstić information content (AvgIpc) is 2.76. The van der Waals surface area contributed by atoms with Gasteiger partial charge in [0.2, 0.25) is 11.8 Å². The molecule has 4 nitrogen and oxygen atoms in total. The number of nitrogens with zero attached hydrogens (tertiary/aromatic N) is 1. The van der Waals surface area contributed by atoms with Gasteiger partial charge in [0.1, 0.15) is 6.04 Å². The fourth-order valence-corrected chi connectivity index (χ4v) is 4.52. The number of hydrogen-bond donors (Lipinski definition) is 1. The molecule has 2 aromatic carbocycles. The Kier molecular flexibility index (Phi) is 10.7. The van der Waals surface area contributed by atoms with Crippen molar-refractivity contribution in [2.45, 2.75) is 58.0 Å². The van der Waals surface area contributed by atoms with E-state index < -0.39 is 6.04 Å². The highest BCUT2D eigenvalue weighted by atomic mass is 35.5. The van der Waals surface area contributed by atoms with E-state index in [1.165, 1.54) is 11.8 Å². The van der Waals surface area contributed by atoms with Crippen LogP contribution < -0.4 is 5.32 Å². The molecule has 31 heavy (non-hydrogen) atoms. The third-order valence-electron chi connectivity index (χ3n) is 5.11. The minimum atomic E-state index is -0.592. The third kappa shape index (κ3) is 7.74. The van der Waals surface area contributed by atoms with Gasteiger partial charge in [-0.2, -0.15) is 0 Å². The second-order valence-electron chi connectivity index (χ2n) is 7.44. The summed E-state index contributed by atoms with van der Waals surface area (Å²) in [5.74, 6) is 0.734. The summed E-state index contributed by atoms with van der Waals surface area (Å²) >= 11 is 14.3. The van der Waals surface area contributed by atoms with Gasteiger partial charge in [0.25, 0.3) is 0 Å². The van der Waals surface area contributed by atoms with E-state index in [9.17, 15) is 9.59 Å². The molecule has 0 aliphatic rings. The number of hydrogen-bond acceptors (Lipinski definition) is 3. The largest absolute Gasteiger partial charge is 0.352 e. The lowest BCUT2D eigenvalue weighted by atomic mass is 10.1. The molecule has 0 spiro atoms. The molecule has 2 rings (SSSR count). The van der Waals surface area contributed by atoms with Gasteiger partial charge >= 0.3 is 0 Å². The van der Waals surface area contributed by atoms with Crippen LogP contribution in [-0.4, -0.2) is 34.6 Å². The predicted molar refractivity (Wildman–Crippen MR) is 132 cm³/mol. The van der Waals surface area contributed by atoms with E-state index in [0.29, 0.717) is 22.0 Å². The zero-order valence-electron chi connectivity index (χ0n) is 18.2. The van der Waals surface area contributed by atoms with Crippen LogP contribution in [0.25, 0.3) is 0 Å². The zero-order chi connectivity index (χ0) is 22.8. The molecule has 2 atom stereocenters. The molecule has 0 fully saturated rings. The summed E-state index contributed by atoms with van der Waals surface area (Å²) in [6.07, 6.45) is 1.32. The number of carbonyl (C=O) groups is 2. The van der Waals surface area contributed by atoms with Crippen LogP contribution in [0, 0.1) is 0 Å². The van der Waals surface area contributed by atoms with E-state index in [4.69, 9.17) is 23.2 Å². The van der Waals surface area contributed by atoms with Crippen molar-refractivity contribution < 1.29 is 9.59 Å². The first-order chi connectivity index (χ1) is 14.9. The minimum absolute atomic E-state index is 0.0369. The Bertz CT molecular complexity index is 844. The van der Waals surface area contributed by atoms with Crippen molar-refractivity contribution >= 4 is 46.8 Å². The van der Waals surface area contributed by atoms with Crippen molar-refractivity contribution in [1.82, 2.24) is 10.2 Å². The van der Waals surface area contributed by atoms with Crippen molar-refractivity contribution in [2.24, 2.45) is 0 Å². The zero-order valence-corrected chi connectivity index (χ0v) is 20.6. The van der Waals surface area contributed by atoms with Gasteiger partial charge in [-0.1, -0.05) is 73.4 Å². The molecule has 0 heterocycles. The maximum absolute atomic E-state index is 13.3. The van der Waals surface area contributed by atoms with Crippen LogP contribution in [0.5, 0.6) is 0 Å². The van der Waals surface area contributed by atoms with Gasteiger partial charge in [0.05, 0.1) is 5.75 Å². The molecule has 2 aromatic rings. The van der Waals surface area contributed by atoms with Crippen LogP contribution in [0.4, 0.5) is 0 Å². The highest BCUT2D eigenvalue weighted by molar-refractivity contribution is 7.99. The highest BCUT2D eigenvalue weighted by Gasteiger charge is 2.30. The van der Waals surface area contributed by atoms with Gasteiger partial charge in [0, 0.05) is 33.9 Å². The van der Waals surface area contributed by atoms with E-state index >= 15 is 0 Å². The van der Waals surface area contributed by atoms with Crippen LogP contribution in [0.2, 0.25) is 10.0 Å². The maximum atomic E-state index is 13.3. The summed E-state index contributed by atoms with van der Waals surface area (Å²) in [6.45, 7) is 6.07. The lowest BCUT2D eigenvalue weighted by Gasteiger charge is -2.32. The Morgan fingerprint density at radius 1 is 1.00 bits per heavy atom. The summed E-state index contributed by atoms with van der Waals surface area (Å²) in [5, 5.41) is 3.98. The SMILES string of the molecule is CC[C@@H](C)NC(=O)[C@H](CC)N(Cc1c(Cl)cccc1Cl)C(=O)CSCc1ccccc1. The molecule has 1 N–H and O–H groups in total. The molecular weight excluding hydrogens is 451 g/mol. The second-order valence-corrected chi connectivity index (χ2v) is 9.24. The second kappa shape index (κ2) is 13.0. The summed E-state index contributed by atoms with van der Waals surface area (Å²) in [4.78, 5) is 27.8. The highest BCUT2D eigenvalue weighted by Crippen LogP contribution is 2.27. The van der Waals surface area contributed by atoms with Gasteiger partial charge in [-0.25, -0.2) is 0 Å². The number of thioether (sulfide) groups is 1. The van der Waals surface area contributed by atoms with Gasteiger partial charge in [-0.15, -0.1) is 11.8 Å². The van der Waals surface area contributed by atoms with Crippen molar-refractivity contribution in [3.05, 3.63) is 69.7 Å². The number of rotatable bonds is 11. The molecule has 0 aromatic heterocycles. The van der Waals surface area contributed by atoms with Crippen molar-refractivity contribution in [2.75, 3.05) is 5.75 Å². The molecule has 0 saturated carbocycles. The average molecular weight is 481 g/mol. The minimum Gasteiger partial charge on any atom is -0.352 e. The molecule has 0 aliphatic carbocycles. The van der Waals surface area contributed by atoms with Gasteiger partial charge < -0.3 is 10.2 Å². The monoisotopic (exact) mass is 480 g/mol. The van der Waals surface area contributed by atoms with Crippen LogP contribution >= 0.6 is 35.0 Å². The van der Waals surface area contributed by atoms with Crippen LogP contribution in [0.3, 0.4) is 0 Å². The summed E-state index contributed by atoms with van der Waals surface area (Å²) in [7, 11) is 0. The fraction of sp³-hybridized carbons (Fsp3) is 0.417. The molecule has 0 bridgehead atoms. The summed E-state index contributed by atoms with van der Waals surface area (Å²) in [6, 6.07) is 14.7. The van der Waals surface area contributed by atoms with Crippen molar-refractivity contribution in [3.63, 3.8) is 0 Å². The van der Waals surface area contributed by atoms with Crippen LogP contribution in [0.15, 0.2) is 48.5 Å². The lowest BCUT2D eigenvalue weighted by molar-refractivity contribution is -0.139. The Labute approximate surface area is 199 Å².